The fraction of sp³-hybridized carbons (Fsp3) is 0.667. The van der Waals surface area contributed by atoms with Gasteiger partial charge in [-0.2, -0.15) is 4.98 Å². The van der Waals surface area contributed by atoms with E-state index < -0.39 is 0 Å². The van der Waals surface area contributed by atoms with Crippen molar-refractivity contribution in [1.29, 1.82) is 0 Å². The number of hydrogen-bond acceptors (Lipinski definition) is 9. The summed E-state index contributed by atoms with van der Waals surface area (Å²) in [6.45, 7) is 13.2. The van der Waals surface area contributed by atoms with Crippen molar-refractivity contribution in [2.24, 2.45) is 0 Å². The molecule has 0 spiro atoms. The first-order chi connectivity index (χ1) is 16.1. The average molecular weight is 458 g/mol. The molecule has 0 amide bonds. The van der Waals surface area contributed by atoms with Crippen molar-refractivity contribution < 1.29 is 9.47 Å². The van der Waals surface area contributed by atoms with Gasteiger partial charge in [-0.05, 0) is 52.3 Å². The second-order valence-corrected chi connectivity index (χ2v) is 9.17. The minimum atomic E-state index is 0.239. The summed E-state index contributed by atoms with van der Waals surface area (Å²) < 4.78 is 11.8. The van der Waals surface area contributed by atoms with E-state index in [0.717, 1.165) is 68.3 Å². The van der Waals surface area contributed by atoms with Gasteiger partial charge in [0.25, 0.3) is 0 Å². The summed E-state index contributed by atoms with van der Waals surface area (Å²) in [6, 6.07) is 4.21. The van der Waals surface area contributed by atoms with Crippen LogP contribution in [-0.2, 0) is 0 Å². The molecular formula is C24H39N7O2. The van der Waals surface area contributed by atoms with Crippen LogP contribution in [0.3, 0.4) is 0 Å². The quantitative estimate of drug-likeness (QED) is 0.441. The van der Waals surface area contributed by atoms with Gasteiger partial charge in [-0.3, -0.25) is 4.90 Å². The maximum absolute atomic E-state index is 6.14. The number of aromatic nitrogens is 2. The minimum absolute atomic E-state index is 0.239. The van der Waals surface area contributed by atoms with E-state index in [-0.39, 0.29) is 6.04 Å². The summed E-state index contributed by atoms with van der Waals surface area (Å²) >= 11 is 0. The van der Waals surface area contributed by atoms with Gasteiger partial charge in [0.2, 0.25) is 5.95 Å². The second kappa shape index (κ2) is 11.7. The maximum atomic E-state index is 6.14. The van der Waals surface area contributed by atoms with E-state index in [4.69, 9.17) is 19.4 Å². The van der Waals surface area contributed by atoms with E-state index in [0.29, 0.717) is 18.3 Å². The van der Waals surface area contributed by atoms with Crippen molar-refractivity contribution in [2.75, 3.05) is 76.8 Å². The van der Waals surface area contributed by atoms with E-state index >= 15 is 0 Å². The zero-order chi connectivity index (χ0) is 23.0. The third-order valence-corrected chi connectivity index (χ3v) is 6.15. The van der Waals surface area contributed by atoms with Crippen LogP contribution in [0.25, 0.3) is 10.9 Å². The molecule has 0 unspecified atom stereocenters. The Balaban J connectivity index is 1.52. The first-order valence-electron chi connectivity index (χ1n) is 12.3. The number of nitrogens with one attached hydrogen (secondary N) is 3. The smallest absolute Gasteiger partial charge is 0.225 e. The highest BCUT2D eigenvalue weighted by Crippen LogP contribution is 2.35. The molecule has 2 saturated heterocycles. The Kier molecular flexibility index (Phi) is 8.41. The van der Waals surface area contributed by atoms with E-state index in [2.05, 4.69) is 39.6 Å². The zero-order valence-corrected chi connectivity index (χ0v) is 20.3. The largest absolute Gasteiger partial charge is 0.493 e. The lowest BCUT2D eigenvalue weighted by Gasteiger charge is -2.27. The highest BCUT2D eigenvalue weighted by molar-refractivity contribution is 5.92. The molecule has 1 aromatic carbocycles. The van der Waals surface area contributed by atoms with Crippen LogP contribution in [0.4, 0.5) is 11.8 Å². The molecule has 0 radical (unpaired) electrons. The number of nitrogens with zero attached hydrogens (tertiary/aromatic N) is 4. The number of hydrogen-bond donors (Lipinski definition) is 3. The number of methoxy groups -OCH3 is 1. The number of ether oxygens (including phenoxy) is 2. The van der Waals surface area contributed by atoms with Crippen LogP contribution in [0.2, 0.25) is 0 Å². The Morgan fingerprint density at radius 1 is 1.03 bits per heavy atom. The number of fused-ring (bicyclic) bond motifs is 1. The molecule has 2 aromatic rings. The Hall–Kier alpha value is -2.36. The van der Waals surface area contributed by atoms with Gasteiger partial charge in [0.1, 0.15) is 5.82 Å². The van der Waals surface area contributed by atoms with E-state index in [9.17, 15) is 0 Å². The molecule has 3 heterocycles. The zero-order valence-electron chi connectivity index (χ0n) is 20.3. The van der Waals surface area contributed by atoms with Crippen molar-refractivity contribution in [2.45, 2.75) is 39.2 Å². The molecule has 0 saturated carbocycles. The van der Waals surface area contributed by atoms with Gasteiger partial charge in [-0.15, -0.1) is 0 Å². The molecule has 2 fully saturated rings. The Morgan fingerprint density at radius 3 is 2.55 bits per heavy atom. The lowest BCUT2D eigenvalue weighted by molar-refractivity contribution is 0.254. The molecule has 1 aromatic heterocycles. The van der Waals surface area contributed by atoms with Gasteiger partial charge in [0, 0.05) is 50.2 Å². The van der Waals surface area contributed by atoms with Crippen molar-refractivity contribution in [1.82, 2.24) is 25.1 Å². The normalized spacial score (nSPS) is 17.6. The van der Waals surface area contributed by atoms with Crippen molar-refractivity contribution >= 4 is 22.7 Å². The molecule has 3 N–H and O–H groups in total. The van der Waals surface area contributed by atoms with Crippen LogP contribution in [0.15, 0.2) is 12.1 Å². The Morgan fingerprint density at radius 2 is 1.82 bits per heavy atom. The second-order valence-electron chi connectivity index (χ2n) is 9.17. The van der Waals surface area contributed by atoms with Gasteiger partial charge >= 0.3 is 0 Å². The molecule has 9 heteroatoms. The van der Waals surface area contributed by atoms with Crippen LogP contribution in [0.1, 0.15) is 33.1 Å². The number of likely N-dealkylation sites (tertiary alicyclic amines) is 1. The van der Waals surface area contributed by atoms with Crippen LogP contribution in [0.5, 0.6) is 11.5 Å². The predicted molar refractivity (Wildman–Crippen MR) is 134 cm³/mol. The van der Waals surface area contributed by atoms with Gasteiger partial charge in [-0.25, -0.2) is 4.98 Å². The van der Waals surface area contributed by atoms with Crippen LogP contribution in [-0.4, -0.2) is 92.0 Å². The minimum Gasteiger partial charge on any atom is -0.493 e. The average Bonchev–Trinajstić information content (AvgIpc) is 3.33. The van der Waals surface area contributed by atoms with Crippen LogP contribution in [0, 0.1) is 0 Å². The van der Waals surface area contributed by atoms with Gasteiger partial charge in [0.05, 0.1) is 25.9 Å². The first-order valence-corrected chi connectivity index (χ1v) is 12.3. The highest BCUT2D eigenvalue weighted by atomic mass is 16.5. The van der Waals surface area contributed by atoms with Crippen LogP contribution >= 0.6 is 0 Å². The van der Waals surface area contributed by atoms with Crippen molar-refractivity contribution in [3.63, 3.8) is 0 Å². The molecule has 182 valence electrons. The van der Waals surface area contributed by atoms with Gasteiger partial charge in [0.15, 0.2) is 11.5 Å². The maximum Gasteiger partial charge on any atom is 0.225 e. The standard InChI is InChI=1S/C24H39N7O2/c1-18(2)27-24-28-20-16-22(33-14-6-11-30-9-4-5-10-30)21(32-3)15-19(20)23(29-24)26-17-31-12-7-25-8-13-31/h15-16,18,25H,4-14,17H2,1-3H3,(H2,26,27,28,29). The molecular weight excluding hydrogens is 418 g/mol. The molecule has 2 aliphatic rings. The molecule has 0 atom stereocenters. The topological polar surface area (TPSA) is 86.8 Å². The molecule has 9 nitrogen and oxygen atoms in total. The predicted octanol–water partition coefficient (Wildman–Crippen LogP) is 2.60. The lowest BCUT2D eigenvalue weighted by atomic mass is 10.2. The Bertz CT molecular complexity index is 896. The van der Waals surface area contributed by atoms with Gasteiger partial charge < -0.3 is 30.3 Å². The molecule has 0 bridgehead atoms. The van der Waals surface area contributed by atoms with Gasteiger partial charge in [-0.1, -0.05) is 0 Å². The number of anilines is 2. The fourth-order valence-corrected chi connectivity index (χ4v) is 4.40. The van der Waals surface area contributed by atoms with E-state index in [1.54, 1.807) is 7.11 Å². The lowest BCUT2D eigenvalue weighted by Crippen LogP contribution is -2.45. The Labute approximate surface area is 197 Å². The number of rotatable bonds is 11. The monoisotopic (exact) mass is 457 g/mol. The van der Waals surface area contributed by atoms with E-state index in [1.807, 2.05) is 12.1 Å². The summed E-state index contributed by atoms with van der Waals surface area (Å²) in [5.41, 5.74) is 0.839. The van der Waals surface area contributed by atoms with E-state index in [1.165, 1.54) is 25.9 Å². The van der Waals surface area contributed by atoms with Crippen LogP contribution < -0.4 is 25.4 Å². The SMILES string of the molecule is COc1cc2c(NCN3CCNCC3)nc(NC(C)C)nc2cc1OCCCN1CCCC1. The summed E-state index contributed by atoms with van der Waals surface area (Å²) in [7, 11) is 1.68. The summed E-state index contributed by atoms with van der Waals surface area (Å²) in [5, 5.41) is 11.2. The number of benzene rings is 1. The number of piperazine rings is 1. The summed E-state index contributed by atoms with van der Waals surface area (Å²) in [5.74, 6) is 2.86. The summed E-state index contributed by atoms with van der Waals surface area (Å²) in [6.07, 6.45) is 3.64. The third-order valence-electron chi connectivity index (χ3n) is 6.15. The summed E-state index contributed by atoms with van der Waals surface area (Å²) in [4.78, 5) is 14.4. The first kappa shape index (κ1) is 23.8. The molecule has 2 aliphatic heterocycles. The van der Waals surface area contributed by atoms with Crippen molar-refractivity contribution in [3.05, 3.63) is 12.1 Å². The molecule has 33 heavy (non-hydrogen) atoms. The van der Waals surface area contributed by atoms with Crippen molar-refractivity contribution in [3.8, 4) is 11.5 Å². The third kappa shape index (κ3) is 6.59. The fourth-order valence-electron chi connectivity index (χ4n) is 4.40. The molecule has 4 rings (SSSR count). The molecule has 0 aliphatic carbocycles. The highest BCUT2D eigenvalue weighted by Gasteiger charge is 2.16.